The second-order valence-electron chi connectivity index (χ2n) is 5.84. The number of thioether (sulfide) groups is 1. The number of nitrogens with one attached hydrogen (secondary N) is 1. The molecule has 19 heavy (non-hydrogen) atoms. The Balaban J connectivity index is 2.40. The Morgan fingerprint density at radius 3 is 2.42 bits per heavy atom. The van der Waals surface area contributed by atoms with Gasteiger partial charge in [0.25, 0.3) is 0 Å². The van der Waals surface area contributed by atoms with Crippen molar-refractivity contribution in [3.63, 3.8) is 0 Å². The van der Waals surface area contributed by atoms with Crippen molar-refractivity contribution in [3.05, 3.63) is 0 Å². The molecule has 3 nitrogen and oxygen atoms in total. The predicted octanol–water partition coefficient (Wildman–Crippen LogP) is 3.11. The van der Waals surface area contributed by atoms with Crippen molar-refractivity contribution in [2.75, 3.05) is 6.26 Å². The highest BCUT2D eigenvalue weighted by Crippen LogP contribution is 2.29. The summed E-state index contributed by atoms with van der Waals surface area (Å²) in [6.07, 6.45) is 9.01. The Hall–Kier alpha value is -0.220. The summed E-state index contributed by atoms with van der Waals surface area (Å²) in [6, 6.07) is 0.317. The highest BCUT2D eigenvalue weighted by atomic mass is 32.2. The number of hydrogen-bond donors (Lipinski definition) is 2. The molecule has 1 amide bonds. The summed E-state index contributed by atoms with van der Waals surface area (Å²) in [6.45, 7) is 4.11. The lowest BCUT2D eigenvalue weighted by molar-refractivity contribution is -0.127. The SMILES string of the molecule is CCCC(O)(CCC)CC(=O)NC1CCC(SC)C1. The van der Waals surface area contributed by atoms with E-state index in [0.717, 1.165) is 25.7 Å². The first-order valence-electron chi connectivity index (χ1n) is 7.57. The molecule has 2 N–H and O–H groups in total. The van der Waals surface area contributed by atoms with Gasteiger partial charge in [-0.15, -0.1) is 0 Å². The monoisotopic (exact) mass is 287 g/mol. The van der Waals surface area contributed by atoms with Gasteiger partial charge in [-0.25, -0.2) is 0 Å². The third-order valence-electron chi connectivity index (χ3n) is 4.00. The molecule has 0 aromatic carbocycles. The van der Waals surface area contributed by atoms with Crippen LogP contribution in [0.3, 0.4) is 0 Å². The van der Waals surface area contributed by atoms with E-state index < -0.39 is 5.60 Å². The van der Waals surface area contributed by atoms with E-state index in [1.54, 1.807) is 0 Å². The Labute approximate surface area is 121 Å². The standard InChI is InChI=1S/C15H29NO2S/c1-4-8-15(18,9-5-2)11-14(17)16-12-6-7-13(10-12)19-3/h12-13,18H,4-11H2,1-3H3,(H,16,17). The molecule has 2 atom stereocenters. The van der Waals surface area contributed by atoms with Crippen LogP contribution in [0.2, 0.25) is 0 Å². The molecule has 1 saturated carbocycles. The maximum Gasteiger partial charge on any atom is 0.223 e. The first kappa shape index (κ1) is 16.8. The molecule has 0 heterocycles. The predicted molar refractivity (Wildman–Crippen MR) is 82.5 cm³/mol. The molecule has 112 valence electrons. The minimum Gasteiger partial charge on any atom is -0.389 e. The summed E-state index contributed by atoms with van der Waals surface area (Å²) in [4.78, 5) is 12.1. The van der Waals surface area contributed by atoms with Gasteiger partial charge in [0, 0.05) is 11.3 Å². The molecule has 4 heteroatoms. The summed E-state index contributed by atoms with van der Waals surface area (Å²) < 4.78 is 0. The van der Waals surface area contributed by atoms with Crippen LogP contribution in [0.1, 0.15) is 65.2 Å². The van der Waals surface area contributed by atoms with E-state index in [4.69, 9.17) is 0 Å². The third-order valence-corrected chi connectivity index (χ3v) is 5.10. The van der Waals surface area contributed by atoms with E-state index in [1.807, 2.05) is 11.8 Å². The fraction of sp³-hybridized carbons (Fsp3) is 0.933. The minimum absolute atomic E-state index is 0.0242. The molecule has 0 aliphatic heterocycles. The van der Waals surface area contributed by atoms with Crippen molar-refractivity contribution < 1.29 is 9.90 Å². The zero-order valence-corrected chi connectivity index (χ0v) is 13.4. The van der Waals surface area contributed by atoms with Crippen LogP contribution in [0.25, 0.3) is 0 Å². The first-order chi connectivity index (χ1) is 9.03. The van der Waals surface area contributed by atoms with Crippen LogP contribution in [0.5, 0.6) is 0 Å². The number of carbonyl (C=O) groups excluding carboxylic acids is 1. The van der Waals surface area contributed by atoms with E-state index in [9.17, 15) is 9.90 Å². The zero-order valence-electron chi connectivity index (χ0n) is 12.6. The number of rotatable bonds is 8. The van der Waals surface area contributed by atoms with Gasteiger partial charge in [-0.05, 0) is 38.4 Å². The summed E-state index contributed by atoms with van der Waals surface area (Å²) in [7, 11) is 0. The molecule has 2 unspecified atom stereocenters. The van der Waals surface area contributed by atoms with Gasteiger partial charge in [-0.3, -0.25) is 4.79 Å². The maximum absolute atomic E-state index is 12.1. The van der Waals surface area contributed by atoms with E-state index in [-0.39, 0.29) is 12.3 Å². The van der Waals surface area contributed by atoms with Crippen molar-refractivity contribution in [2.24, 2.45) is 0 Å². The average molecular weight is 287 g/mol. The lowest BCUT2D eigenvalue weighted by Gasteiger charge is -2.27. The van der Waals surface area contributed by atoms with Crippen molar-refractivity contribution >= 4 is 17.7 Å². The molecular weight excluding hydrogens is 258 g/mol. The second-order valence-corrected chi connectivity index (χ2v) is 6.97. The Morgan fingerprint density at radius 1 is 1.32 bits per heavy atom. The summed E-state index contributed by atoms with van der Waals surface area (Å²) in [5.41, 5.74) is -0.801. The highest BCUT2D eigenvalue weighted by molar-refractivity contribution is 7.99. The summed E-state index contributed by atoms with van der Waals surface area (Å²) in [5, 5.41) is 14.3. The largest absolute Gasteiger partial charge is 0.389 e. The topological polar surface area (TPSA) is 49.3 Å². The van der Waals surface area contributed by atoms with Crippen LogP contribution in [0.15, 0.2) is 0 Å². The molecule has 0 spiro atoms. The Morgan fingerprint density at radius 2 is 1.95 bits per heavy atom. The summed E-state index contributed by atoms with van der Waals surface area (Å²) in [5.74, 6) is 0.0242. The number of amides is 1. The third kappa shape index (κ3) is 5.74. The second kappa shape index (κ2) is 8.15. The summed E-state index contributed by atoms with van der Waals surface area (Å²) >= 11 is 1.89. The van der Waals surface area contributed by atoms with E-state index >= 15 is 0 Å². The van der Waals surface area contributed by atoms with Crippen LogP contribution < -0.4 is 5.32 Å². The lowest BCUT2D eigenvalue weighted by Crippen LogP contribution is -2.40. The normalized spacial score (nSPS) is 23.6. The minimum atomic E-state index is -0.801. The average Bonchev–Trinajstić information content (AvgIpc) is 2.76. The molecule has 0 saturated heterocycles. The van der Waals surface area contributed by atoms with Crippen molar-refractivity contribution in [1.82, 2.24) is 5.32 Å². The molecule has 1 aliphatic carbocycles. The van der Waals surface area contributed by atoms with Crippen LogP contribution in [0.4, 0.5) is 0 Å². The van der Waals surface area contributed by atoms with Gasteiger partial charge in [0.2, 0.25) is 5.91 Å². The van der Waals surface area contributed by atoms with Gasteiger partial charge >= 0.3 is 0 Å². The van der Waals surface area contributed by atoms with Gasteiger partial charge < -0.3 is 10.4 Å². The molecule has 0 aromatic rings. The molecule has 0 aromatic heterocycles. The molecule has 0 radical (unpaired) electrons. The fourth-order valence-corrected chi connectivity index (χ4v) is 3.89. The molecule has 0 bridgehead atoms. The molecule has 1 fully saturated rings. The highest BCUT2D eigenvalue weighted by Gasteiger charge is 2.30. The Bertz CT molecular complexity index is 277. The van der Waals surface area contributed by atoms with E-state index in [1.165, 1.54) is 6.42 Å². The van der Waals surface area contributed by atoms with E-state index in [0.29, 0.717) is 24.1 Å². The number of aliphatic hydroxyl groups is 1. The van der Waals surface area contributed by atoms with Gasteiger partial charge in [-0.1, -0.05) is 26.7 Å². The van der Waals surface area contributed by atoms with E-state index in [2.05, 4.69) is 25.4 Å². The van der Waals surface area contributed by atoms with Gasteiger partial charge in [0.05, 0.1) is 12.0 Å². The smallest absolute Gasteiger partial charge is 0.223 e. The molecule has 1 aliphatic rings. The van der Waals surface area contributed by atoms with Gasteiger partial charge in [-0.2, -0.15) is 11.8 Å². The van der Waals surface area contributed by atoms with Crippen LogP contribution in [-0.2, 0) is 4.79 Å². The van der Waals surface area contributed by atoms with Crippen molar-refractivity contribution in [2.45, 2.75) is 82.1 Å². The maximum atomic E-state index is 12.1. The zero-order chi connectivity index (χ0) is 14.3. The first-order valence-corrected chi connectivity index (χ1v) is 8.86. The van der Waals surface area contributed by atoms with Crippen molar-refractivity contribution in [1.29, 1.82) is 0 Å². The lowest BCUT2D eigenvalue weighted by atomic mass is 9.89. The quantitative estimate of drug-likeness (QED) is 0.721. The van der Waals surface area contributed by atoms with Gasteiger partial charge in [0.1, 0.15) is 0 Å². The van der Waals surface area contributed by atoms with Crippen LogP contribution >= 0.6 is 11.8 Å². The van der Waals surface area contributed by atoms with Gasteiger partial charge in [0.15, 0.2) is 0 Å². The number of hydrogen-bond acceptors (Lipinski definition) is 3. The molecular formula is C15H29NO2S. The van der Waals surface area contributed by atoms with Crippen LogP contribution in [0, 0.1) is 0 Å². The molecule has 1 rings (SSSR count). The van der Waals surface area contributed by atoms with Crippen molar-refractivity contribution in [3.8, 4) is 0 Å². The van der Waals surface area contributed by atoms with Crippen LogP contribution in [-0.4, -0.2) is 34.2 Å². The fourth-order valence-electron chi connectivity index (χ4n) is 3.10. The Kier molecular flexibility index (Phi) is 7.22. The number of carbonyl (C=O) groups is 1.